The molecule has 1 aliphatic rings. The summed E-state index contributed by atoms with van der Waals surface area (Å²) in [6.07, 6.45) is 3.53. The van der Waals surface area contributed by atoms with Crippen molar-refractivity contribution in [1.29, 1.82) is 0 Å². The quantitative estimate of drug-likeness (QED) is 0.591. The van der Waals surface area contributed by atoms with Crippen LogP contribution >= 0.6 is 0 Å². The van der Waals surface area contributed by atoms with Crippen LogP contribution in [0.25, 0.3) is 10.9 Å². The second-order valence-electron chi connectivity index (χ2n) is 8.15. The highest BCUT2D eigenvalue weighted by atomic mass is 16.3. The molecule has 1 unspecified atom stereocenters. The highest BCUT2D eigenvalue weighted by Crippen LogP contribution is 2.31. The number of aryl methyl sites for hydroxylation is 3. The first kappa shape index (κ1) is 19.9. The standard InChI is InChI=1S/C25H30N2O2/c1-4-16-10-18-12-20(13-19(18)11-17(16)5-2)26-14-24(29)21-8-9-23(28)25-22(21)7-6-15(3)27-25/h6-11,20,24,26,28-29H,4-5,12-14H2,1-3H3. The fourth-order valence-corrected chi connectivity index (χ4v) is 4.58. The third-order valence-corrected chi connectivity index (χ3v) is 6.18. The number of aromatic nitrogens is 1. The van der Waals surface area contributed by atoms with Gasteiger partial charge in [0.15, 0.2) is 0 Å². The Morgan fingerprint density at radius 2 is 1.69 bits per heavy atom. The minimum Gasteiger partial charge on any atom is -0.506 e. The van der Waals surface area contributed by atoms with Gasteiger partial charge in [-0.2, -0.15) is 0 Å². The zero-order valence-electron chi connectivity index (χ0n) is 17.5. The first-order chi connectivity index (χ1) is 14.0. The minimum absolute atomic E-state index is 0.150. The minimum atomic E-state index is -0.649. The summed E-state index contributed by atoms with van der Waals surface area (Å²) in [7, 11) is 0. The number of aliphatic hydroxyl groups excluding tert-OH is 1. The molecule has 3 N–H and O–H groups in total. The van der Waals surface area contributed by atoms with Gasteiger partial charge in [-0.25, -0.2) is 4.98 Å². The summed E-state index contributed by atoms with van der Waals surface area (Å²) in [6.45, 7) is 6.82. The van der Waals surface area contributed by atoms with E-state index in [0.29, 0.717) is 18.1 Å². The normalized spacial score (nSPS) is 15.0. The maximum absolute atomic E-state index is 10.8. The Kier molecular flexibility index (Phi) is 5.57. The Morgan fingerprint density at radius 3 is 2.31 bits per heavy atom. The Balaban J connectivity index is 1.47. The van der Waals surface area contributed by atoms with E-state index in [-0.39, 0.29) is 5.75 Å². The Labute approximate surface area is 172 Å². The van der Waals surface area contributed by atoms with Gasteiger partial charge in [-0.3, -0.25) is 0 Å². The summed E-state index contributed by atoms with van der Waals surface area (Å²) in [6, 6.07) is 12.4. The average molecular weight is 391 g/mol. The fourth-order valence-electron chi connectivity index (χ4n) is 4.58. The summed E-state index contributed by atoms with van der Waals surface area (Å²) in [5.41, 5.74) is 8.01. The number of nitrogens with zero attached hydrogens (tertiary/aromatic N) is 1. The molecule has 0 saturated heterocycles. The number of phenolic OH excluding ortho intramolecular Hbond substituents is 1. The lowest BCUT2D eigenvalue weighted by atomic mass is 9.97. The number of rotatable bonds is 6. The Bertz CT molecular complexity index is 1010. The molecule has 0 spiro atoms. The number of hydrogen-bond acceptors (Lipinski definition) is 4. The molecule has 1 aromatic heterocycles. The third kappa shape index (κ3) is 3.87. The van der Waals surface area contributed by atoms with Crippen LogP contribution in [0.2, 0.25) is 0 Å². The summed E-state index contributed by atoms with van der Waals surface area (Å²) in [4.78, 5) is 4.43. The predicted molar refractivity (Wildman–Crippen MR) is 118 cm³/mol. The Morgan fingerprint density at radius 1 is 1.03 bits per heavy atom. The molecule has 1 aliphatic carbocycles. The lowest BCUT2D eigenvalue weighted by Crippen LogP contribution is -2.33. The van der Waals surface area contributed by atoms with E-state index >= 15 is 0 Å². The van der Waals surface area contributed by atoms with Gasteiger partial charge < -0.3 is 15.5 Å². The van der Waals surface area contributed by atoms with E-state index in [9.17, 15) is 10.2 Å². The molecule has 2 aromatic carbocycles. The van der Waals surface area contributed by atoms with Crippen molar-refractivity contribution in [2.45, 2.75) is 58.6 Å². The lowest BCUT2D eigenvalue weighted by molar-refractivity contribution is 0.171. The third-order valence-electron chi connectivity index (χ3n) is 6.18. The number of fused-ring (bicyclic) bond motifs is 2. The van der Waals surface area contributed by atoms with Crippen LogP contribution in [0.3, 0.4) is 0 Å². The van der Waals surface area contributed by atoms with Crippen LogP contribution in [0.4, 0.5) is 0 Å². The smallest absolute Gasteiger partial charge is 0.141 e. The van der Waals surface area contributed by atoms with Crippen molar-refractivity contribution >= 4 is 10.9 Å². The van der Waals surface area contributed by atoms with Crippen molar-refractivity contribution in [2.75, 3.05) is 6.54 Å². The molecule has 0 aliphatic heterocycles. The molecule has 0 saturated carbocycles. The van der Waals surface area contributed by atoms with Gasteiger partial charge in [0.25, 0.3) is 0 Å². The van der Waals surface area contributed by atoms with E-state index in [1.807, 2.05) is 19.1 Å². The molecular weight excluding hydrogens is 360 g/mol. The van der Waals surface area contributed by atoms with Crippen LogP contribution in [-0.2, 0) is 25.7 Å². The molecular formula is C25H30N2O2. The van der Waals surface area contributed by atoms with E-state index in [4.69, 9.17) is 0 Å². The number of aliphatic hydroxyl groups is 1. The molecule has 1 heterocycles. The highest BCUT2D eigenvalue weighted by molar-refractivity contribution is 5.87. The maximum atomic E-state index is 10.8. The molecule has 0 radical (unpaired) electrons. The van der Waals surface area contributed by atoms with Crippen LogP contribution in [0.1, 0.15) is 53.5 Å². The molecule has 152 valence electrons. The number of phenols is 1. The number of pyridine rings is 1. The van der Waals surface area contributed by atoms with E-state index in [1.165, 1.54) is 22.3 Å². The fraction of sp³-hybridized carbons (Fsp3) is 0.400. The van der Waals surface area contributed by atoms with Gasteiger partial charge in [0, 0.05) is 23.7 Å². The second-order valence-corrected chi connectivity index (χ2v) is 8.15. The SMILES string of the molecule is CCc1cc2c(cc1CC)CC(NCC(O)c1ccc(O)c3nc(C)ccc13)C2. The second kappa shape index (κ2) is 8.13. The molecule has 3 aromatic rings. The van der Waals surface area contributed by atoms with Crippen LogP contribution < -0.4 is 5.32 Å². The lowest BCUT2D eigenvalue weighted by Gasteiger charge is -2.18. The maximum Gasteiger partial charge on any atom is 0.141 e. The number of benzene rings is 2. The van der Waals surface area contributed by atoms with E-state index < -0.39 is 6.10 Å². The molecule has 0 amide bonds. The molecule has 0 fully saturated rings. The molecule has 29 heavy (non-hydrogen) atoms. The average Bonchev–Trinajstić information content (AvgIpc) is 3.13. The predicted octanol–water partition coefficient (Wildman–Crippen LogP) is 4.16. The number of aromatic hydroxyl groups is 1. The van der Waals surface area contributed by atoms with Gasteiger partial charge in [-0.1, -0.05) is 38.1 Å². The summed E-state index contributed by atoms with van der Waals surface area (Å²) < 4.78 is 0. The van der Waals surface area contributed by atoms with E-state index in [0.717, 1.165) is 42.3 Å². The summed E-state index contributed by atoms with van der Waals surface area (Å²) in [5, 5.41) is 25.3. The summed E-state index contributed by atoms with van der Waals surface area (Å²) >= 11 is 0. The van der Waals surface area contributed by atoms with Crippen molar-refractivity contribution < 1.29 is 10.2 Å². The van der Waals surface area contributed by atoms with Crippen molar-refractivity contribution in [2.24, 2.45) is 0 Å². The molecule has 4 rings (SSSR count). The first-order valence-corrected chi connectivity index (χ1v) is 10.6. The summed E-state index contributed by atoms with van der Waals surface area (Å²) in [5.74, 6) is 0.150. The topological polar surface area (TPSA) is 65.4 Å². The number of nitrogens with one attached hydrogen (secondary N) is 1. The van der Waals surface area contributed by atoms with Gasteiger partial charge in [0.1, 0.15) is 11.3 Å². The van der Waals surface area contributed by atoms with Crippen molar-refractivity contribution in [1.82, 2.24) is 10.3 Å². The van der Waals surface area contributed by atoms with Crippen molar-refractivity contribution in [3.63, 3.8) is 0 Å². The van der Waals surface area contributed by atoms with Crippen LogP contribution in [0, 0.1) is 6.92 Å². The Hall–Kier alpha value is -2.43. The van der Waals surface area contributed by atoms with Gasteiger partial charge in [-0.05, 0) is 72.6 Å². The largest absolute Gasteiger partial charge is 0.506 e. The first-order valence-electron chi connectivity index (χ1n) is 10.6. The van der Waals surface area contributed by atoms with Crippen molar-refractivity contribution in [3.05, 3.63) is 69.9 Å². The zero-order valence-corrected chi connectivity index (χ0v) is 17.5. The van der Waals surface area contributed by atoms with Crippen LogP contribution in [0.5, 0.6) is 5.75 Å². The van der Waals surface area contributed by atoms with Gasteiger partial charge in [0.05, 0.1) is 6.10 Å². The molecule has 4 heteroatoms. The molecule has 1 atom stereocenters. The van der Waals surface area contributed by atoms with Gasteiger partial charge in [-0.15, -0.1) is 0 Å². The monoisotopic (exact) mass is 390 g/mol. The van der Waals surface area contributed by atoms with Gasteiger partial charge in [0.2, 0.25) is 0 Å². The molecule has 4 nitrogen and oxygen atoms in total. The zero-order chi connectivity index (χ0) is 20.5. The highest BCUT2D eigenvalue weighted by Gasteiger charge is 2.24. The number of hydrogen-bond donors (Lipinski definition) is 3. The van der Waals surface area contributed by atoms with Gasteiger partial charge >= 0.3 is 0 Å². The van der Waals surface area contributed by atoms with Crippen LogP contribution in [-0.4, -0.2) is 27.8 Å². The van der Waals surface area contributed by atoms with Crippen molar-refractivity contribution in [3.8, 4) is 5.75 Å². The van der Waals surface area contributed by atoms with E-state index in [1.54, 1.807) is 12.1 Å². The van der Waals surface area contributed by atoms with Crippen LogP contribution in [0.15, 0.2) is 36.4 Å². The van der Waals surface area contributed by atoms with E-state index in [2.05, 4.69) is 36.3 Å². The molecule has 0 bridgehead atoms.